The van der Waals surface area contributed by atoms with E-state index in [0.717, 1.165) is 16.8 Å². The predicted octanol–water partition coefficient (Wildman–Crippen LogP) is 1.96. The highest BCUT2D eigenvalue weighted by Gasteiger charge is 2.13. The fraction of sp³-hybridized carbons (Fsp3) is 0.333. The normalized spacial score (nSPS) is 10.6. The van der Waals surface area contributed by atoms with E-state index in [1.54, 1.807) is 11.6 Å². The average Bonchev–Trinajstić information content (AvgIpc) is 2.74. The van der Waals surface area contributed by atoms with Crippen LogP contribution in [0.1, 0.15) is 18.1 Å². The molecule has 0 unspecified atom stereocenters. The van der Waals surface area contributed by atoms with Crippen molar-refractivity contribution in [2.45, 2.75) is 25.9 Å². The summed E-state index contributed by atoms with van der Waals surface area (Å²) >= 11 is 1.35. The van der Waals surface area contributed by atoms with Crippen LogP contribution in [-0.2, 0) is 4.79 Å². The first-order valence-electron chi connectivity index (χ1n) is 5.57. The highest BCUT2D eigenvalue weighted by Crippen LogP contribution is 2.23. The first kappa shape index (κ1) is 12.8. The van der Waals surface area contributed by atoms with Crippen molar-refractivity contribution < 1.29 is 4.79 Å². The molecule has 0 saturated heterocycles. The molecule has 0 radical (unpaired) electrons. The van der Waals surface area contributed by atoms with E-state index in [2.05, 4.69) is 15.5 Å². The number of tetrazole rings is 1. The number of hydrogen-bond donors (Lipinski definition) is 0. The zero-order chi connectivity index (χ0) is 13.1. The molecule has 0 bridgehead atoms. The number of thioether (sulfide) groups is 1. The second kappa shape index (κ2) is 5.30. The number of carbonyl (C=O) groups is 1. The minimum atomic E-state index is 0.107. The smallest absolute Gasteiger partial charge is 0.214 e. The van der Waals surface area contributed by atoms with Crippen molar-refractivity contribution in [3.63, 3.8) is 0 Å². The fourth-order valence-electron chi connectivity index (χ4n) is 1.72. The lowest BCUT2D eigenvalue weighted by atomic mass is 10.1. The highest BCUT2D eigenvalue weighted by atomic mass is 32.2. The van der Waals surface area contributed by atoms with Gasteiger partial charge in [0.1, 0.15) is 5.78 Å². The maximum Gasteiger partial charge on any atom is 0.214 e. The van der Waals surface area contributed by atoms with Crippen molar-refractivity contribution in [3.05, 3.63) is 29.3 Å². The number of aryl methyl sites for hydroxylation is 2. The molecule has 1 aromatic carbocycles. The van der Waals surface area contributed by atoms with E-state index in [1.807, 2.05) is 32.0 Å². The molecule has 0 aliphatic rings. The third-order valence-corrected chi connectivity index (χ3v) is 3.56. The number of nitrogens with zero attached hydrogens (tertiary/aromatic N) is 4. The quantitative estimate of drug-likeness (QED) is 0.788. The molecule has 0 aliphatic heterocycles. The van der Waals surface area contributed by atoms with Crippen molar-refractivity contribution in [2.24, 2.45) is 0 Å². The Kier molecular flexibility index (Phi) is 3.76. The van der Waals surface area contributed by atoms with Gasteiger partial charge in [0, 0.05) is 0 Å². The van der Waals surface area contributed by atoms with Crippen LogP contribution < -0.4 is 0 Å². The highest BCUT2D eigenvalue weighted by molar-refractivity contribution is 7.99. The second-order valence-corrected chi connectivity index (χ2v) is 5.05. The van der Waals surface area contributed by atoms with Gasteiger partial charge in [-0.15, -0.1) is 5.10 Å². The van der Waals surface area contributed by atoms with Gasteiger partial charge in [-0.3, -0.25) is 4.79 Å². The van der Waals surface area contributed by atoms with Crippen LogP contribution in [0.3, 0.4) is 0 Å². The van der Waals surface area contributed by atoms with Gasteiger partial charge in [-0.2, -0.15) is 4.68 Å². The van der Waals surface area contributed by atoms with Gasteiger partial charge in [0.2, 0.25) is 5.16 Å². The van der Waals surface area contributed by atoms with Gasteiger partial charge in [0.05, 0.1) is 11.4 Å². The predicted molar refractivity (Wildman–Crippen MR) is 70.0 cm³/mol. The Morgan fingerprint density at radius 3 is 2.61 bits per heavy atom. The van der Waals surface area contributed by atoms with Crippen molar-refractivity contribution in [1.29, 1.82) is 0 Å². The van der Waals surface area contributed by atoms with E-state index in [4.69, 9.17) is 0 Å². The minimum Gasteiger partial charge on any atom is -0.299 e. The minimum absolute atomic E-state index is 0.107. The number of carbonyl (C=O) groups excluding carboxylic acids is 1. The molecule has 1 heterocycles. The first-order valence-corrected chi connectivity index (χ1v) is 6.55. The molecule has 0 saturated carbocycles. The summed E-state index contributed by atoms with van der Waals surface area (Å²) < 4.78 is 1.69. The molecule has 2 aromatic rings. The summed E-state index contributed by atoms with van der Waals surface area (Å²) in [5.41, 5.74) is 3.19. The second-order valence-electron chi connectivity index (χ2n) is 4.10. The molecule has 0 atom stereocenters. The molecule has 0 aliphatic carbocycles. The maximum atomic E-state index is 11.0. The molecule has 0 fully saturated rings. The number of Topliss-reactive ketones (excluding diaryl/α,β-unsaturated/α-hetero) is 1. The lowest BCUT2D eigenvalue weighted by Crippen LogP contribution is -2.05. The van der Waals surface area contributed by atoms with Crippen molar-refractivity contribution in [2.75, 3.05) is 5.75 Å². The van der Waals surface area contributed by atoms with Crippen LogP contribution in [0.25, 0.3) is 5.69 Å². The first-order chi connectivity index (χ1) is 8.59. The summed E-state index contributed by atoms with van der Waals surface area (Å²) in [4.78, 5) is 11.0. The summed E-state index contributed by atoms with van der Waals surface area (Å²) in [7, 11) is 0. The summed E-state index contributed by atoms with van der Waals surface area (Å²) in [6.45, 7) is 5.59. The number of para-hydroxylation sites is 1. The zero-order valence-electron chi connectivity index (χ0n) is 10.5. The summed E-state index contributed by atoms with van der Waals surface area (Å²) in [6.07, 6.45) is 0. The molecule has 94 valence electrons. The molecule has 1 aromatic heterocycles. The van der Waals surface area contributed by atoms with E-state index in [9.17, 15) is 4.79 Å². The lowest BCUT2D eigenvalue weighted by molar-refractivity contribution is -0.114. The third-order valence-electron chi connectivity index (χ3n) is 2.50. The van der Waals surface area contributed by atoms with E-state index >= 15 is 0 Å². The Balaban J connectivity index is 2.39. The van der Waals surface area contributed by atoms with E-state index in [-0.39, 0.29) is 5.78 Å². The SMILES string of the molecule is CC(=O)CSc1nnnn1-c1c(C)cccc1C. The molecule has 0 amide bonds. The molecular formula is C12H14N4OS. The monoisotopic (exact) mass is 262 g/mol. The molecule has 0 N–H and O–H groups in total. The van der Waals surface area contributed by atoms with Crippen molar-refractivity contribution in [3.8, 4) is 5.69 Å². The number of rotatable bonds is 4. The Hall–Kier alpha value is -1.69. The molecule has 2 rings (SSSR count). The molecule has 18 heavy (non-hydrogen) atoms. The number of ketones is 1. The van der Waals surface area contributed by atoms with Crippen LogP contribution in [0.5, 0.6) is 0 Å². The van der Waals surface area contributed by atoms with Crippen LogP contribution in [0.4, 0.5) is 0 Å². The Morgan fingerprint density at radius 2 is 2.00 bits per heavy atom. The van der Waals surface area contributed by atoms with Gasteiger partial charge < -0.3 is 0 Å². The van der Waals surface area contributed by atoms with Gasteiger partial charge in [0.15, 0.2) is 0 Å². The van der Waals surface area contributed by atoms with Gasteiger partial charge in [-0.05, 0) is 42.3 Å². The number of aromatic nitrogens is 4. The van der Waals surface area contributed by atoms with E-state index in [0.29, 0.717) is 10.9 Å². The maximum absolute atomic E-state index is 11.0. The van der Waals surface area contributed by atoms with Crippen LogP contribution in [0.15, 0.2) is 23.4 Å². The Bertz CT molecular complexity index is 559. The Morgan fingerprint density at radius 1 is 1.33 bits per heavy atom. The molecule has 5 nitrogen and oxygen atoms in total. The lowest BCUT2D eigenvalue weighted by Gasteiger charge is -2.10. The summed E-state index contributed by atoms with van der Waals surface area (Å²) in [5.74, 6) is 0.488. The van der Waals surface area contributed by atoms with Crippen LogP contribution >= 0.6 is 11.8 Å². The van der Waals surface area contributed by atoms with E-state index in [1.165, 1.54) is 11.8 Å². The standard InChI is InChI=1S/C12H14N4OS/c1-8-5-4-6-9(2)11(8)16-12(13-14-15-16)18-7-10(3)17/h4-6H,7H2,1-3H3. The summed E-state index contributed by atoms with van der Waals surface area (Å²) in [6, 6.07) is 6.04. The number of hydrogen-bond acceptors (Lipinski definition) is 5. The van der Waals surface area contributed by atoms with Crippen molar-refractivity contribution >= 4 is 17.5 Å². The van der Waals surface area contributed by atoms with Crippen molar-refractivity contribution in [1.82, 2.24) is 20.2 Å². The van der Waals surface area contributed by atoms with Crippen LogP contribution in [0, 0.1) is 13.8 Å². The summed E-state index contributed by atoms with van der Waals surface area (Å²) in [5, 5.41) is 12.3. The zero-order valence-corrected chi connectivity index (χ0v) is 11.4. The van der Waals surface area contributed by atoms with Crippen LogP contribution in [0.2, 0.25) is 0 Å². The fourth-order valence-corrected chi connectivity index (χ4v) is 2.39. The molecule has 6 heteroatoms. The largest absolute Gasteiger partial charge is 0.299 e. The van der Waals surface area contributed by atoms with Gasteiger partial charge in [-0.25, -0.2) is 0 Å². The third kappa shape index (κ3) is 2.59. The molecule has 0 spiro atoms. The van der Waals surface area contributed by atoms with Gasteiger partial charge in [-0.1, -0.05) is 30.0 Å². The molecular weight excluding hydrogens is 248 g/mol. The van der Waals surface area contributed by atoms with Crippen LogP contribution in [-0.4, -0.2) is 31.7 Å². The number of benzene rings is 1. The topological polar surface area (TPSA) is 60.7 Å². The Labute approximate surface area is 110 Å². The van der Waals surface area contributed by atoms with Gasteiger partial charge >= 0.3 is 0 Å². The average molecular weight is 262 g/mol. The van der Waals surface area contributed by atoms with Gasteiger partial charge in [0.25, 0.3) is 0 Å². The van der Waals surface area contributed by atoms with E-state index < -0.39 is 0 Å².